The Morgan fingerprint density at radius 1 is 1.25 bits per heavy atom. The minimum Gasteiger partial charge on any atom is -0.265 e. The SMILES string of the molecule is CCn1nc(-c2cccc(Br)c2)c2cccnc2c1=O. The topological polar surface area (TPSA) is 47.8 Å². The van der Waals surface area contributed by atoms with Crippen molar-refractivity contribution in [2.24, 2.45) is 0 Å². The molecule has 4 nitrogen and oxygen atoms in total. The number of aromatic nitrogens is 3. The van der Waals surface area contributed by atoms with Crippen LogP contribution in [0.1, 0.15) is 6.92 Å². The van der Waals surface area contributed by atoms with Gasteiger partial charge in [-0.15, -0.1) is 0 Å². The van der Waals surface area contributed by atoms with E-state index in [4.69, 9.17) is 0 Å². The van der Waals surface area contributed by atoms with Crippen LogP contribution in [-0.2, 0) is 6.54 Å². The van der Waals surface area contributed by atoms with Gasteiger partial charge in [0.1, 0.15) is 11.2 Å². The minimum absolute atomic E-state index is 0.151. The van der Waals surface area contributed by atoms with Crippen molar-refractivity contribution in [3.8, 4) is 11.3 Å². The number of rotatable bonds is 2. The van der Waals surface area contributed by atoms with E-state index in [-0.39, 0.29) is 5.56 Å². The molecule has 5 heteroatoms. The van der Waals surface area contributed by atoms with Crippen molar-refractivity contribution in [3.05, 3.63) is 57.4 Å². The Hall–Kier alpha value is -2.01. The summed E-state index contributed by atoms with van der Waals surface area (Å²) < 4.78 is 2.43. The summed E-state index contributed by atoms with van der Waals surface area (Å²) in [5.74, 6) is 0. The van der Waals surface area contributed by atoms with Crippen molar-refractivity contribution in [2.75, 3.05) is 0 Å². The normalized spacial score (nSPS) is 10.9. The van der Waals surface area contributed by atoms with Crippen LogP contribution in [0, 0.1) is 0 Å². The number of aryl methyl sites for hydroxylation is 1. The Bertz CT molecular complexity index is 842. The molecule has 0 radical (unpaired) electrons. The Kier molecular flexibility index (Phi) is 3.36. The highest BCUT2D eigenvalue weighted by molar-refractivity contribution is 9.10. The fourth-order valence-electron chi connectivity index (χ4n) is 2.17. The molecule has 0 aliphatic rings. The van der Waals surface area contributed by atoms with Crippen molar-refractivity contribution in [1.29, 1.82) is 0 Å². The number of pyridine rings is 1. The standard InChI is InChI=1S/C15H12BrN3O/c1-2-19-15(20)14-12(7-4-8-17-14)13(18-19)10-5-3-6-11(16)9-10/h3-9H,2H2,1H3. The first-order valence-electron chi connectivity index (χ1n) is 6.32. The van der Waals surface area contributed by atoms with Gasteiger partial charge < -0.3 is 0 Å². The van der Waals surface area contributed by atoms with Crippen LogP contribution in [-0.4, -0.2) is 14.8 Å². The van der Waals surface area contributed by atoms with E-state index in [1.54, 1.807) is 6.20 Å². The Morgan fingerprint density at radius 3 is 2.85 bits per heavy atom. The van der Waals surface area contributed by atoms with Gasteiger partial charge in [-0.1, -0.05) is 28.1 Å². The van der Waals surface area contributed by atoms with E-state index in [0.29, 0.717) is 12.1 Å². The van der Waals surface area contributed by atoms with Gasteiger partial charge in [0.05, 0.1) is 0 Å². The molecule has 0 fully saturated rings. The zero-order chi connectivity index (χ0) is 14.1. The maximum atomic E-state index is 12.2. The van der Waals surface area contributed by atoms with E-state index in [1.165, 1.54) is 4.68 Å². The van der Waals surface area contributed by atoms with Gasteiger partial charge in [-0.25, -0.2) is 4.68 Å². The molecule has 0 aliphatic heterocycles. The van der Waals surface area contributed by atoms with E-state index < -0.39 is 0 Å². The van der Waals surface area contributed by atoms with Gasteiger partial charge in [-0.05, 0) is 31.2 Å². The number of hydrogen-bond acceptors (Lipinski definition) is 3. The summed E-state index contributed by atoms with van der Waals surface area (Å²) in [4.78, 5) is 16.5. The van der Waals surface area contributed by atoms with Crippen molar-refractivity contribution < 1.29 is 0 Å². The lowest BCUT2D eigenvalue weighted by Crippen LogP contribution is -2.23. The summed E-state index contributed by atoms with van der Waals surface area (Å²) in [5.41, 5.74) is 2.04. The van der Waals surface area contributed by atoms with Crippen LogP contribution >= 0.6 is 15.9 Å². The molecule has 100 valence electrons. The molecule has 3 rings (SSSR count). The minimum atomic E-state index is -0.151. The molecule has 0 amide bonds. The monoisotopic (exact) mass is 329 g/mol. The van der Waals surface area contributed by atoms with Gasteiger partial charge in [0.2, 0.25) is 0 Å². The molecule has 0 N–H and O–H groups in total. The van der Waals surface area contributed by atoms with Crippen LogP contribution in [0.15, 0.2) is 51.9 Å². The highest BCUT2D eigenvalue weighted by atomic mass is 79.9. The molecule has 0 aliphatic carbocycles. The Labute approximate surface area is 124 Å². The number of fused-ring (bicyclic) bond motifs is 1. The second-order valence-corrected chi connectivity index (χ2v) is 5.30. The summed E-state index contributed by atoms with van der Waals surface area (Å²) >= 11 is 3.46. The molecule has 0 saturated heterocycles. The number of hydrogen-bond donors (Lipinski definition) is 0. The predicted octanol–water partition coefficient (Wildman–Crippen LogP) is 3.24. The van der Waals surface area contributed by atoms with Gasteiger partial charge in [-0.3, -0.25) is 9.78 Å². The van der Waals surface area contributed by atoms with Crippen LogP contribution in [0.25, 0.3) is 22.2 Å². The Morgan fingerprint density at radius 2 is 2.10 bits per heavy atom. The number of halogens is 1. The molecular weight excluding hydrogens is 318 g/mol. The molecule has 0 unspecified atom stereocenters. The van der Waals surface area contributed by atoms with E-state index >= 15 is 0 Å². The van der Waals surface area contributed by atoms with Crippen molar-refractivity contribution >= 4 is 26.8 Å². The highest BCUT2D eigenvalue weighted by Crippen LogP contribution is 2.25. The lowest BCUT2D eigenvalue weighted by atomic mass is 10.1. The lowest BCUT2D eigenvalue weighted by Gasteiger charge is -2.09. The second-order valence-electron chi connectivity index (χ2n) is 4.38. The van der Waals surface area contributed by atoms with Gasteiger partial charge in [0, 0.05) is 28.2 Å². The fourth-order valence-corrected chi connectivity index (χ4v) is 2.57. The molecule has 3 aromatic rings. The van der Waals surface area contributed by atoms with Crippen LogP contribution in [0.5, 0.6) is 0 Å². The molecule has 2 aromatic heterocycles. The predicted molar refractivity (Wildman–Crippen MR) is 82.6 cm³/mol. The zero-order valence-electron chi connectivity index (χ0n) is 10.9. The third-order valence-corrected chi connectivity index (χ3v) is 3.61. The summed E-state index contributed by atoms with van der Waals surface area (Å²) in [6.07, 6.45) is 1.63. The van der Waals surface area contributed by atoms with Gasteiger partial charge >= 0.3 is 0 Å². The number of benzene rings is 1. The second kappa shape index (κ2) is 5.17. The van der Waals surface area contributed by atoms with E-state index in [0.717, 1.165) is 21.1 Å². The van der Waals surface area contributed by atoms with Crippen LogP contribution < -0.4 is 5.56 Å². The van der Waals surface area contributed by atoms with Gasteiger partial charge in [-0.2, -0.15) is 5.10 Å². The molecule has 0 atom stereocenters. The van der Waals surface area contributed by atoms with E-state index in [9.17, 15) is 4.79 Å². The Balaban J connectivity index is 2.41. The quantitative estimate of drug-likeness (QED) is 0.725. The number of nitrogens with zero attached hydrogens (tertiary/aromatic N) is 3. The smallest absolute Gasteiger partial charge is 0.265 e. The first-order chi connectivity index (χ1) is 9.70. The van der Waals surface area contributed by atoms with Crippen LogP contribution in [0.4, 0.5) is 0 Å². The average Bonchev–Trinajstić information content (AvgIpc) is 2.48. The van der Waals surface area contributed by atoms with Gasteiger partial charge in [0.25, 0.3) is 5.56 Å². The lowest BCUT2D eigenvalue weighted by molar-refractivity contribution is 0.625. The van der Waals surface area contributed by atoms with E-state index in [2.05, 4.69) is 26.0 Å². The molecule has 1 aromatic carbocycles. The summed E-state index contributed by atoms with van der Waals surface area (Å²) in [5, 5.41) is 5.25. The maximum absolute atomic E-state index is 12.2. The summed E-state index contributed by atoms with van der Waals surface area (Å²) in [6, 6.07) is 11.6. The van der Waals surface area contributed by atoms with Crippen molar-refractivity contribution in [3.63, 3.8) is 0 Å². The van der Waals surface area contributed by atoms with Crippen LogP contribution in [0.3, 0.4) is 0 Å². The van der Waals surface area contributed by atoms with Crippen molar-refractivity contribution in [2.45, 2.75) is 13.5 Å². The fraction of sp³-hybridized carbons (Fsp3) is 0.133. The largest absolute Gasteiger partial charge is 0.293 e. The molecule has 2 heterocycles. The molecule has 0 bridgehead atoms. The van der Waals surface area contributed by atoms with Gasteiger partial charge in [0.15, 0.2) is 0 Å². The van der Waals surface area contributed by atoms with E-state index in [1.807, 2.05) is 43.3 Å². The average molecular weight is 330 g/mol. The molecule has 20 heavy (non-hydrogen) atoms. The summed E-state index contributed by atoms with van der Waals surface area (Å²) in [6.45, 7) is 2.42. The molecule has 0 spiro atoms. The molecular formula is C15H12BrN3O. The first-order valence-corrected chi connectivity index (χ1v) is 7.12. The highest BCUT2D eigenvalue weighted by Gasteiger charge is 2.12. The maximum Gasteiger partial charge on any atom is 0.293 e. The van der Waals surface area contributed by atoms with Crippen molar-refractivity contribution in [1.82, 2.24) is 14.8 Å². The first kappa shape index (κ1) is 13.0. The third kappa shape index (κ3) is 2.14. The summed E-state index contributed by atoms with van der Waals surface area (Å²) in [7, 11) is 0. The zero-order valence-corrected chi connectivity index (χ0v) is 12.5. The third-order valence-electron chi connectivity index (χ3n) is 3.12. The van der Waals surface area contributed by atoms with Crippen LogP contribution in [0.2, 0.25) is 0 Å². The molecule has 0 saturated carbocycles.